The van der Waals surface area contributed by atoms with Gasteiger partial charge in [0.2, 0.25) is 5.70 Å². The smallest absolute Gasteiger partial charge is 0.407 e. The highest BCUT2D eigenvalue weighted by Gasteiger charge is 2.70. The third-order valence-corrected chi connectivity index (χ3v) is 11.7. The van der Waals surface area contributed by atoms with Crippen LogP contribution < -0.4 is 5.32 Å². The molecule has 1 amide bonds. The SMILES string of the molecule is [C-]#[N+]C1=C[C@]2(C)C3=CC(=O)[C]4[C]5CC(C)(C)CC[C@]5(NC(=O)OC)CC[C@@]4(C)[C@]3(C)CC[C@H]2C(C)(C)C1=O. The van der Waals surface area contributed by atoms with Gasteiger partial charge in [-0.2, -0.15) is 0 Å². The molecule has 1 N–H and O–H groups in total. The van der Waals surface area contributed by atoms with Crippen molar-refractivity contribution in [3.8, 4) is 0 Å². The summed E-state index contributed by atoms with van der Waals surface area (Å²) >= 11 is 0. The predicted octanol–water partition coefficient (Wildman–Crippen LogP) is 6.58. The zero-order chi connectivity index (χ0) is 28.1. The van der Waals surface area contributed by atoms with E-state index in [9.17, 15) is 14.4 Å². The summed E-state index contributed by atoms with van der Waals surface area (Å²) in [6.07, 6.45) is 9.07. The number of fused-ring (bicyclic) bond motifs is 7. The van der Waals surface area contributed by atoms with Crippen LogP contribution in [0.25, 0.3) is 4.85 Å². The van der Waals surface area contributed by atoms with Crippen LogP contribution in [-0.2, 0) is 14.3 Å². The molecule has 6 heteroatoms. The molecular formula is C32H42N2O4. The molecule has 5 rings (SSSR count). The molecule has 204 valence electrons. The number of hydrogen-bond acceptors (Lipinski definition) is 4. The molecule has 3 fully saturated rings. The van der Waals surface area contributed by atoms with E-state index in [-0.39, 0.29) is 34.0 Å². The fourth-order valence-electron chi connectivity index (χ4n) is 9.33. The lowest BCUT2D eigenvalue weighted by Crippen LogP contribution is -2.68. The van der Waals surface area contributed by atoms with Crippen LogP contribution in [0.3, 0.4) is 0 Å². The third-order valence-electron chi connectivity index (χ3n) is 11.7. The highest BCUT2D eigenvalue weighted by Crippen LogP contribution is 2.74. The van der Waals surface area contributed by atoms with Gasteiger partial charge in [0.15, 0.2) is 11.6 Å². The van der Waals surface area contributed by atoms with Gasteiger partial charge in [0.05, 0.1) is 25.1 Å². The van der Waals surface area contributed by atoms with Crippen LogP contribution in [0.1, 0.15) is 93.4 Å². The Morgan fingerprint density at radius 2 is 1.66 bits per heavy atom. The van der Waals surface area contributed by atoms with E-state index in [0.29, 0.717) is 0 Å². The van der Waals surface area contributed by atoms with Crippen molar-refractivity contribution >= 4 is 17.7 Å². The number of nitrogens with zero attached hydrogens (tertiary/aromatic N) is 1. The van der Waals surface area contributed by atoms with E-state index in [0.717, 1.165) is 62.4 Å². The molecule has 0 aromatic rings. The normalized spacial score (nSPS) is 41.8. The third kappa shape index (κ3) is 3.32. The summed E-state index contributed by atoms with van der Waals surface area (Å²) in [5.41, 5.74) is -1.22. The van der Waals surface area contributed by atoms with E-state index >= 15 is 0 Å². The lowest BCUT2D eigenvalue weighted by atomic mass is 9.35. The number of nitrogens with one attached hydrogen (secondary N) is 1. The molecule has 0 aromatic heterocycles. The van der Waals surface area contributed by atoms with Gasteiger partial charge in [-0.05, 0) is 73.2 Å². The predicted molar refractivity (Wildman–Crippen MR) is 145 cm³/mol. The van der Waals surface area contributed by atoms with Crippen LogP contribution in [-0.4, -0.2) is 30.3 Å². The Morgan fingerprint density at radius 1 is 1.00 bits per heavy atom. The van der Waals surface area contributed by atoms with Crippen LogP contribution in [0.4, 0.5) is 4.79 Å². The minimum atomic E-state index is -0.673. The van der Waals surface area contributed by atoms with Crippen molar-refractivity contribution in [2.24, 2.45) is 33.0 Å². The minimum absolute atomic E-state index is 0.0233. The Balaban J connectivity index is 1.68. The second-order valence-electron chi connectivity index (χ2n) is 14.5. The Bertz CT molecular complexity index is 1220. The monoisotopic (exact) mass is 518 g/mol. The topological polar surface area (TPSA) is 76.8 Å². The average molecular weight is 519 g/mol. The van der Waals surface area contributed by atoms with E-state index in [1.54, 1.807) is 0 Å². The Morgan fingerprint density at radius 3 is 2.29 bits per heavy atom. The van der Waals surface area contributed by atoms with E-state index < -0.39 is 27.9 Å². The molecule has 0 unspecified atom stereocenters. The van der Waals surface area contributed by atoms with Gasteiger partial charge in [-0.1, -0.05) is 60.1 Å². The number of ketones is 2. The van der Waals surface area contributed by atoms with Crippen molar-refractivity contribution in [3.63, 3.8) is 0 Å². The minimum Gasteiger partial charge on any atom is -0.453 e. The number of carbonyl (C=O) groups excluding carboxylic acids is 3. The van der Waals surface area contributed by atoms with Crippen molar-refractivity contribution in [1.82, 2.24) is 5.32 Å². The van der Waals surface area contributed by atoms with Crippen molar-refractivity contribution < 1.29 is 19.1 Å². The second-order valence-corrected chi connectivity index (χ2v) is 14.5. The molecule has 3 saturated carbocycles. The van der Waals surface area contributed by atoms with Crippen LogP contribution >= 0.6 is 0 Å². The van der Waals surface area contributed by atoms with Gasteiger partial charge in [-0.3, -0.25) is 4.79 Å². The quantitative estimate of drug-likeness (QED) is 0.398. The summed E-state index contributed by atoms with van der Waals surface area (Å²) in [6.45, 7) is 22.9. The van der Waals surface area contributed by atoms with Crippen molar-refractivity contribution in [2.45, 2.75) is 99.0 Å². The molecule has 0 saturated heterocycles. The number of allylic oxidation sites excluding steroid dienone is 4. The largest absolute Gasteiger partial charge is 0.453 e. The Labute approximate surface area is 227 Å². The number of ether oxygens (including phenoxy) is 1. The van der Waals surface area contributed by atoms with Crippen LogP contribution in [0.15, 0.2) is 23.4 Å². The Kier molecular flexibility index (Phi) is 5.76. The number of Topliss-reactive ketones (excluding diaryl/α,β-unsaturated/α-hetero) is 1. The highest BCUT2D eigenvalue weighted by molar-refractivity contribution is 6.08. The van der Waals surface area contributed by atoms with Gasteiger partial charge in [0.1, 0.15) is 0 Å². The molecule has 0 heterocycles. The average Bonchev–Trinajstić information content (AvgIpc) is 2.83. The number of hydrogen-bond donors (Lipinski definition) is 1. The first kappa shape index (κ1) is 27.2. The zero-order valence-corrected chi connectivity index (χ0v) is 24.3. The van der Waals surface area contributed by atoms with E-state index in [4.69, 9.17) is 11.3 Å². The van der Waals surface area contributed by atoms with Gasteiger partial charge in [0, 0.05) is 16.7 Å². The van der Waals surface area contributed by atoms with Gasteiger partial charge < -0.3 is 14.8 Å². The van der Waals surface area contributed by atoms with Gasteiger partial charge in [-0.25, -0.2) is 9.64 Å². The fourth-order valence-corrected chi connectivity index (χ4v) is 9.33. The van der Waals surface area contributed by atoms with E-state index in [2.05, 4.69) is 44.8 Å². The molecule has 5 aliphatic rings. The molecular weight excluding hydrogens is 476 g/mol. The van der Waals surface area contributed by atoms with Gasteiger partial charge >= 0.3 is 6.09 Å². The number of amides is 1. The summed E-state index contributed by atoms with van der Waals surface area (Å²) in [5.74, 6) is 1.92. The molecule has 38 heavy (non-hydrogen) atoms. The Hall–Kier alpha value is -2.42. The summed E-state index contributed by atoms with van der Waals surface area (Å²) in [5, 5.41) is 3.19. The van der Waals surface area contributed by atoms with Crippen LogP contribution in [0.5, 0.6) is 0 Å². The van der Waals surface area contributed by atoms with Crippen molar-refractivity contribution in [1.29, 1.82) is 0 Å². The second kappa shape index (κ2) is 8.05. The van der Waals surface area contributed by atoms with E-state index in [1.807, 2.05) is 26.0 Å². The summed E-state index contributed by atoms with van der Waals surface area (Å²) in [4.78, 5) is 43.8. The lowest BCUT2D eigenvalue weighted by molar-refractivity contribution is -0.133. The number of rotatable bonds is 1. The van der Waals surface area contributed by atoms with E-state index in [1.165, 1.54) is 7.11 Å². The lowest BCUT2D eigenvalue weighted by Gasteiger charge is -2.68. The number of carbonyl (C=O) groups is 3. The summed E-state index contributed by atoms with van der Waals surface area (Å²) in [7, 11) is 1.39. The van der Waals surface area contributed by atoms with Crippen molar-refractivity contribution in [3.05, 3.63) is 46.7 Å². The maximum absolute atomic E-state index is 14.4. The summed E-state index contributed by atoms with van der Waals surface area (Å²) in [6, 6.07) is 0. The fraction of sp³-hybridized carbons (Fsp3) is 0.688. The summed E-state index contributed by atoms with van der Waals surface area (Å²) < 4.78 is 5.04. The van der Waals surface area contributed by atoms with Crippen molar-refractivity contribution in [2.75, 3.05) is 7.11 Å². The molecule has 2 radical (unpaired) electrons. The first-order chi connectivity index (χ1) is 17.5. The maximum Gasteiger partial charge on any atom is 0.407 e. The van der Waals surface area contributed by atoms with Crippen LogP contribution in [0, 0.1) is 51.4 Å². The molecule has 5 atom stereocenters. The number of methoxy groups -OCH3 is 1. The molecule has 5 aliphatic carbocycles. The number of alkyl carbamates (subject to hydrolysis) is 1. The molecule has 0 bridgehead atoms. The first-order valence-electron chi connectivity index (χ1n) is 14.0. The molecule has 6 nitrogen and oxygen atoms in total. The maximum atomic E-state index is 14.4. The zero-order valence-electron chi connectivity index (χ0n) is 24.3. The molecule has 0 aliphatic heterocycles. The van der Waals surface area contributed by atoms with Gasteiger partial charge in [-0.15, -0.1) is 0 Å². The van der Waals surface area contributed by atoms with Gasteiger partial charge in [0.25, 0.3) is 0 Å². The molecule has 0 aromatic carbocycles. The van der Waals surface area contributed by atoms with Crippen LogP contribution in [0.2, 0.25) is 0 Å². The molecule has 0 spiro atoms. The standard InChI is InChI=1S/C32H42N2O4/c1-27(2)12-14-32(34-26(37)38-9)15-13-31(7)24(19(32)17-27)21(35)16-23-29(5)18-20(33-8)25(36)28(3,4)22(29)10-11-30(23,31)6/h16,18,22H,10-15,17H2,1-7,9H3,(H,34,37)/t22-,29-,30+,31+,32-/m0/s1. The highest BCUT2D eigenvalue weighted by atomic mass is 16.5. The first-order valence-corrected chi connectivity index (χ1v) is 14.0.